The fourth-order valence-corrected chi connectivity index (χ4v) is 6.00. The van der Waals surface area contributed by atoms with E-state index in [9.17, 15) is 0 Å². The van der Waals surface area contributed by atoms with Gasteiger partial charge in [0.2, 0.25) is 0 Å². The molecule has 0 aliphatic carbocycles. The Morgan fingerprint density at radius 3 is 2.35 bits per heavy atom. The fourth-order valence-electron chi connectivity index (χ4n) is 5.56. The molecular formula is C24H28BBrF2N2O. The molecule has 2 aromatic rings. The van der Waals surface area contributed by atoms with Crippen molar-refractivity contribution >= 4 is 34.2 Å². The zero-order chi connectivity index (χ0) is 22.8. The van der Waals surface area contributed by atoms with Crippen LogP contribution in [-0.4, -0.2) is 28.8 Å². The van der Waals surface area contributed by atoms with Gasteiger partial charge >= 0.3 is 6.97 Å². The van der Waals surface area contributed by atoms with Crippen molar-refractivity contribution in [1.29, 1.82) is 0 Å². The number of benzene rings is 1. The highest BCUT2D eigenvalue weighted by molar-refractivity contribution is 9.10. The van der Waals surface area contributed by atoms with E-state index in [0.29, 0.717) is 41.4 Å². The van der Waals surface area contributed by atoms with Crippen LogP contribution >= 0.6 is 15.9 Å². The summed E-state index contributed by atoms with van der Waals surface area (Å²) in [5.74, 6) is 0.694. The smallest absolute Gasteiger partial charge is 0.497 e. The average molecular weight is 489 g/mol. The number of allylic oxidation sites excluding steroid dienone is 2. The molecule has 0 bridgehead atoms. The van der Waals surface area contributed by atoms with Gasteiger partial charge in [-0.2, -0.15) is 0 Å². The van der Waals surface area contributed by atoms with E-state index in [-0.39, 0.29) is 0 Å². The molecular weight excluding hydrogens is 461 g/mol. The van der Waals surface area contributed by atoms with E-state index in [2.05, 4.69) is 15.9 Å². The van der Waals surface area contributed by atoms with Crippen LogP contribution in [0.3, 0.4) is 0 Å². The van der Waals surface area contributed by atoms with Crippen molar-refractivity contribution < 1.29 is 17.9 Å². The molecule has 4 rings (SSSR count). The normalized spacial score (nSPS) is 17.5. The topological polar surface area (TPSA) is 17.2 Å². The lowest BCUT2D eigenvalue weighted by atomic mass is 9.83. The molecule has 0 N–H and O–H groups in total. The van der Waals surface area contributed by atoms with Crippen LogP contribution in [0.1, 0.15) is 62.2 Å². The summed E-state index contributed by atoms with van der Waals surface area (Å²) in [7, 11) is 1.62. The third kappa shape index (κ3) is 2.85. The molecule has 1 aromatic carbocycles. The Morgan fingerprint density at radius 1 is 1.10 bits per heavy atom. The van der Waals surface area contributed by atoms with Crippen molar-refractivity contribution in [3.8, 4) is 5.75 Å². The molecule has 3 nitrogen and oxygen atoms in total. The molecule has 2 aliphatic rings. The van der Waals surface area contributed by atoms with Gasteiger partial charge < -0.3 is 22.3 Å². The molecule has 0 radical (unpaired) electrons. The second-order valence-corrected chi connectivity index (χ2v) is 9.19. The number of nitrogens with zero attached hydrogens (tertiary/aromatic N) is 2. The van der Waals surface area contributed by atoms with Gasteiger partial charge in [0, 0.05) is 33.8 Å². The van der Waals surface area contributed by atoms with Gasteiger partial charge in [0.25, 0.3) is 0 Å². The molecule has 164 valence electrons. The van der Waals surface area contributed by atoms with Gasteiger partial charge in [-0.1, -0.05) is 29.8 Å². The molecule has 0 atom stereocenters. The van der Waals surface area contributed by atoms with Crippen LogP contribution < -0.4 is 4.74 Å². The third-order valence-electron chi connectivity index (χ3n) is 6.94. The Bertz CT molecular complexity index is 1220. The van der Waals surface area contributed by atoms with Gasteiger partial charge in [0.1, 0.15) is 11.5 Å². The van der Waals surface area contributed by atoms with Gasteiger partial charge in [-0.05, 0) is 68.6 Å². The standard InChI is InChI=1S/C24H28BBrF2N2O/c1-8-18-13(3)23-22(20-12-17(31-7)10-11-21(20)26)24-14(4)19(9-2)16(6)30(24)25(27,28)29(23)15(18)5/h10-12H,8-9H2,1-7H3. The second-order valence-electron chi connectivity index (χ2n) is 8.33. The van der Waals surface area contributed by atoms with Crippen LogP contribution in [-0.2, 0) is 6.42 Å². The molecule has 0 spiro atoms. The first kappa shape index (κ1) is 22.1. The molecule has 0 fully saturated rings. The van der Waals surface area contributed by atoms with Crippen molar-refractivity contribution in [3.63, 3.8) is 0 Å². The summed E-state index contributed by atoms with van der Waals surface area (Å²) in [5, 5.41) is 0. The maximum atomic E-state index is 16.2. The molecule has 31 heavy (non-hydrogen) atoms. The summed E-state index contributed by atoms with van der Waals surface area (Å²) in [6, 6.07) is 5.73. The Hall–Kier alpha value is -2.15. The van der Waals surface area contributed by atoms with E-state index >= 15 is 8.63 Å². The molecule has 0 unspecified atom stereocenters. The predicted molar refractivity (Wildman–Crippen MR) is 127 cm³/mol. The van der Waals surface area contributed by atoms with Crippen molar-refractivity contribution in [2.75, 3.05) is 7.11 Å². The van der Waals surface area contributed by atoms with Gasteiger partial charge in [0.15, 0.2) is 5.70 Å². The molecule has 0 saturated carbocycles. The van der Waals surface area contributed by atoms with Crippen LogP contribution in [0.15, 0.2) is 39.5 Å². The number of rotatable bonds is 4. The van der Waals surface area contributed by atoms with Crippen LogP contribution in [0.4, 0.5) is 8.63 Å². The van der Waals surface area contributed by atoms with Gasteiger partial charge in [-0.15, -0.1) is 0 Å². The lowest BCUT2D eigenvalue weighted by Gasteiger charge is -2.34. The summed E-state index contributed by atoms with van der Waals surface area (Å²) in [6.45, 7) is 7.62. The van der Waals surface area contributed by atoms with Crippen LogP contribution in [0.25, 0.3) is 5.57 Å². The highest BCUT2D eigenvalue weighted by atomic mass is 79.9. The largest absolute Gasteiger partial charge is 0.737 e. The third-order valence-corrected chi connectivity index (χ3v) is 7.63. The molecule has 2 aliphatic heterocycles. The molecule has 3 heterocycles. The van der Waals surface area contributed by atoms with E-state index in [1.54, 1.807) is 7.11 Å². The maximum Gasteiger partial charge on any atom is 0.737 e. The minimum atomic E-state index is -4.01. The Labute approximate surface area is 191 Å². The zero-order valence-corrected chi connectivity index (χ0v) is 20.7. The number of aromatic nitrogens is 1. The monoisotopic (exact) mass is 488 g/mol. The first-order valence-corrected chi connectivity index (χ1v) is 11.6. The predicted octanol–water partition coefficient (Wildman–Crippen LogP) is 6.65. The van der Waals surface area contributed by atoms with Crippen LogP contribution in [0.2, 0.25) is 0 Å². The minimum absolute atomic E-state index is 0.615. The fraction of sp³-hybridized carbons (Fsp3) is 0.375. The van der Waals surface area contributed by atoms with Crippen molar-refractivity contribution in [2.45, 2.75) is 54.4 Å². The number of halogens is 3. The second kappa shape index (κ2) is 7.47. The summed E-state index contributed by atoms with van der Waals surface area (Å²) in [5.41, 5.74) is 8.04. The number of hydrogen-bond acceptors (Lipinski definition) is 1. The van der Waals surface area contributed by atoms with Crippen LogP contribution in [0, 0.1) is 13.8 Å². The van der Waals surface area contributed by atoms with E-state index in [4.69, 9.17) is 4.74 Å². The number of fused-ring (bicyclic) bond motifs is 2. The van der Waals surface area contributed by atoms with Gasteiger partial charge in [-0.3, -0.25) is 0 Å². The number of methoxy groups -OCH3 is 1. The van der Waals surface area contributed by atoms with Gasteiger partial charge in [-0.25, -0.2) is 0 Å². The van der Waals surface area contributed by atoms with Gasteiger partial charge in [0.05, 0.1) is 12.7 Å². The van der Waals surface area contributed by atoms with Crippen molar-refractivity contribution in [1.82, 2.24) is 4.48 Å². The van der Waals surface area contributed by atoms with E-state index in [1.165, 1.54) is 8.96 Å². The highest BCUT2D eigenvalue weighted by Crippen LogP contribution is 2.48. The Morgan fingerprint density at radius 2 is 1.77 bits per heavy atom. The van der Waals surface area contributed by atoms with E-state index in [1.807, 2.05) is 59.7 Å². The summed E-state index contributed by atoms with van der Waals surface area (Å²) < 4.78 is 41.4. The molecule has 0 saturated heterocycles. The molecule has 1 aromatic heterocycles. The quantitative estimate of drug-likeness (QED) is 0.440. The summed E-state index contributed by atoms with van der Waals surface area (Å²) in [6.07, 6.45) is 1.42. The lowest BCUT2D eigenvalue weighted by Crippen LogP contribution is -2.51. The SMILES string of the molecule is CCC1=C(C)C2=C(c3cc(OC)ccc3Br)c3c(C)c(CC)c(C)n3[B-](F)(F)[N+]2=C1C. The molecule has 7 heteroatoms. The maximum absolute atomic E-state index is 16.2. The van der Waals surface area contributed by atoms with E-state index < -0.39 is 6.97 Å². The summed E-state index contributed by atoms with van der Waals surface area (Å²) >= 11 is 3.68. The Kier molecular flexibility index (Phi) is 5.32. The first-order valence-electron chi connectivity index (χ1n) is 10.8. The average Bonchev–Trinajstić information content (AvgIpc) is 3.14. The Balaban J connectivity index is 2.25. The number of hydrogen-bond donors (Lipinski definition) is 0. The van der Waals surface area contributed by atoms with Crippen molar-refractivity contribution in [2.24, 2.45) is 0 Å². The van der Waals surface area contributed by atoms with Crippen LogP contribution in [0.5, 0.6) is 5.75 Å². The summed E-state index contributed by atoms with van der Waals surface area (Å²) in [4.78, 5) is 0. The lowest BCUT2D eigenvalue weighted by molar-refractivity contribution is -0.363. The highest BCUT2D eigenvalue weighted by Gasteiger charge is 2.56. The minimum Gasteiger partial charge on any atom is -0.497 e. The molecule has 0 amide bonds. The first-order chi connectivity index (χ1) is 14.6. The number of ether oxygens (including phenoxy) is 1. The van der Waals surface area contributed by atoms with E-state index in [0.717, 1.165) is 37.9 Å². The zero-order valence-electron chi connectivity index (χ0n) is 19.2. The van der Waals surface area contributed by atoms with Crippen molar-refractivity contribution in [3.05, 3.63) is 67.6 Å².